The molecule has 0 spiro atoms. The molecule has 140 valence electrons. The van der Waals surface area contributed by atoms with Gasteiger partial charge in [0.2, 0.25) is 6.79 Å². The highest BCUT2D eigenvalue weighted by Crippen LogP contribution is 2.36. The van der Waals surface area contributed by atoms with E-state index in [9.17, 15) is 5.26 Å². The molecule has 3 aromatic carbocycles. The second-order valence-corrected chi connectivity index (χ2v) is 7.30. The molecule has 0 fully saturated rings. The third kappa shape index (κ3) is 3.28. The highest BCUT2D eigenvalue weighted by molar-refractivity contribution is 7.11. The molecule has 29 heavy (non-hydrogen) atoms. The van der Waals surface area contributed by atoms with E-state index in [1.807, 2.05) is 47.8 Å². The maximum atomic E-state index is 9.65. The van der Waals surface area contributed by atoms with Crippen LogP contribution in [-0.2, 0) is 0 Å². The molecule has 5 rings (SSSR count). The zero-order valence-electron chi connectivity index (χ0n) is 15.3. The van der Waals surface area contributed by atoms with Crippen LogP contribution in [0.5, 0.6) is 11.5 Å². The van der Waals surface area contributed by atoms with Gasteiger partial charge in [-0.15, -0.1) is 11.3 Å². The Bertz CT molecular complexity index is 1280. The number of aromatic nitrogens is 1. The van der Waals surface area contributed by atoms with Crippen LogP contribution in [0.3, 0.4) is 0 Å². The molecule has 0 saturated heterocycles. The smallest absolute Gasteiger partial charge is 0.231 e. The molecule has 1 N–H and O–H groups in total. The van der Waals surface area contributed by atoms with Crippen LogP contribution < -0.4 is 14.8 Å². The molecule has 2 heterocycles. The summed E-state index contributed by atoms with van der Waals surface area (Å²) in [5.41, 5.74) is 3.16. The molecule has 0 aliphatic carbocycles. The van der Waals surface area contributed by atoms with E-state index >= 15 is 0 Å². The minimum atomic E-state index is 0.238. The summed E-state index contributed by atoms with van der Waals surface area (Å²) in [4.78, 5) is 4.64. The lowest BCUT2D eigenvalue weighted by Gasteiger charge is -2.06. The molecule has 6 heteroatoms. The number of anilines is 1. The van der Waals surface area contributed by atoms with Crippen molar-refractivity contribution in [2.75, 3.05) is 12.1 Å². The van der Waals surface area contributed by atoms with Crippen LogP contribution >= 0.6 is 11.3 Å². The average molecular weight is 397 g/mol. The van der Waals surface area contributed by atoms with Gasteiger partial charge in [-0.1, -0.05) is 36.4 Å². The number of nitrogens with zero attached hydrogens (tertiary/aromatic N) is 2. The normalized spacial score (nSPS) is 12.7. The van der Waals surface area contributed by atoms with Crippen molar-refractivity contribution in [1.82, 2.24) is 4.98 Å². The van der Waals surface area contributed by atoms with Crippen molar-refractivity contribution < 1.29 is 9.47 Å². The predicted molar refractivity (Wildman–Crippen MR) is 115 cm³/mol. The standard InChI is InChI=1S/C23H15N3O2S/c24-11-17(12-25-19-7-3-5-15-4-1-2-6-18(15)19)23-26-20(13-29-23)16-8-9-21-22(10-16)28-14-27-21/h1-10,12-13,25H,14H2/b17-12+. The summed E-state index contributed by atoms with van der Waals surface area (Å²) in [6.07, 6.45) is 1.71. The van der Waals surface area contributed by atoms with Crippen molar-refractivity contribution in [3.8, 4) is 28.8 Å². The third-order valence-corrected chi connectivity index (χ3v) is 5.56. The lowest BCUT2D eigenvalue weighted by Crippen LogP contribution is -1.92. The fraction of sp³-hybridized carbons (Fsp3) is 0.0435. The van der Waals surface area contributed by atoms with E-state index in [0.717, 1.165) is 33.5 Å². The fourth-order valence-corrected chi connectivity index (χ4v) is 4.02. The Labute approximate surface area is 171 Å². The third-order valence-electron chi connectivity index (χ3n) is 4.69. The van der Waals surface area contributed by atoms with Crippen LogP contribution in [-0.4, -0.2) is 11.8 Å². The molecule has 4 aromatic rings. The monoisotopic (exact) mass is 397 g/mol. The van der Waals surface area contributed by atoms with E-state index in [2.05, 4.69) is 34.6 Å². The zero-order valence-corrected chi connectivity index (χ0v) is 16.1. The van der Waals surface area contributed by atoms with Crippen molar-refractivity contribution >= 4 is 33.4 Å². The molecule has 0 atom stereocenters. The van der Waals surface area contributed by atoms with Gasteiger partial charge in [0.05, 0.1) is 5.69 Å². The van der Waals surface area contributed by atoms with Crippen molar-refractivity contribution in [2.24, 2.45) is 0 Å². The molecule has 0 radical (unpaired) electrons. The maximum Gasteiger partial charge on any atom is 0.231 e. The number of thiazole rings is 1. The first-order valence-electron chi connectivity index (χ1n) is 9.02. The SMILES string of the molecule is N#C/C(=C\Nc1cccc2ccccc12)c1nc(-c2ccc3c(c2)OCO3)cs1. The number of rotatable bonds is 4. The number of allylic oxidation sites excluding steroid dienone is 1. The number of hydrogen-bond donors (Lipinski definition) is 1. The van der Waals surface area contributed by atoms with Gasteiger partial charge in [-0.05, 0) is 29.7 Å². The molecule has 1 aromatic heterocycles. The molecule has 0 bridgehead atoms. The molecule has 1 aliphatic rings. The number of benzene rings is 3. The van der Waals surface area contributed by atoms with Gasteiger partial charge in [0.1, 0.15) is 16.6 Å². The molecular weight excluding hydrogens is 382 g/mol. The van der Waals surface area contributed by atoms with Crippen LogP contribution in [0.15, 0.2) is 72.2 Å². The maximum absolute atomic E-state index is 9.65. The van der Waals surface area contributed by atoms with E-state index in [-0.39, 0.29) is 6.79 Å². The highest BCUT2D eigenvalue weighted by atomic mass is 32.1. The van der Waals surface area contributed by atoms with E-state index in [0.29, 0.717) is 16.3 Å². The van der Waals surface area contributed by atoms with Crippen molar-refractivity contribution in [1.29, 1.82) is 5.26 Å². The molecule has 0 amide bonds. The zero-order chi connectivity index (χ0) is 19.6. The van der Waals surface area contributed by atoms with E-state index in [1.165, 1.54) is 11.3 Å². The molecular formula is C23H15N3O2S. The van der Waals surface area contributed by atoms with Gasteiger partial charge in [0.25, 0.3) is 0 Å². The number of fused-ring (bicyclic) bond motifs is 2. The topological polar surface area (TPSA) is 67.2 Å². The lowest BCUT2D eigenvalue weighted by molar-refractivity contribution is 0.174. The quantitative estimate of drug-likeness (QED) is 0.450. The second-order valence-electron chi connectivity index (χ2n) is 6.45. The summed E-state index contributed by atoms with van der Waals surface area (Å²) in [6.45, 7) is 0.238. The summed E-state index contributed by atoms with van der Waals surface area (Å²) in [6, 6.07) is 22.1. The number of hydrogen-bond acceptors (Lipinski definition) is 6. The number of nitrogens with one attached hydrogen (secondary N) is 1. The predicted octanol–water partition coefficient (Wildman–Crippen LogP) is 5.67. The first kappa shape index (κ1) is 17.3. The second kappa shape index (κ2) is 7.30. The summed E-state index contributed by atoms with van der Waals surface area (Å²) < 4.78 is 10.8. The van der Waals surface area contributed by atoms with Crippen LogP contribution in [0, 0.1) is 11.3 Å². The summed E-state index contributed by atoms with van der Waals surface area (Å²) in [7, 11) is 0. The molecule has 1 aliphatic heterocycles. The lowest BCUT2D eigenvalue weighted by atomic mass is 10.1. The Balaban J connectivity index is 1.43. The van der Waals surface area contributed by atoms with Crippen molar-refractivity contribution in [3.05, 3.63) is 77.3 Å². The van der Waals surface area contributed by atoms with Gasteiger partial charge in [-0.25, -0.2) is 4.98 Å². The molecule has 0 unspecified atom stereocenters. The van der Waals surface area contributed by atoms with Gasteiger partial charge in [0.15, 0.2) is 11.5 Å². The van der Waals surface area contributed by atoms with Gasteiger partial charge in [-0.2, -0.15) is 5.26 Å². The van der Waals surface area contributed by atoms with E-state index in [4.69, 9.17) is 9.47 Å². The van der Waals surface area contributed by atoms with E-state index < -0.39 is 0 Å². The van der Waals surface area contributed by atoms with Gasteiger partial charge >= 0.3 is 0 Å². The van der Waals surface area contributed by atoms with Gasteiger partial charge in [-0.3, -0.25) is 0 Å². The van der Waals surface area contributed by atoms with Crippen LogP contribution in [0.1, 0.15) is 5.01 Å². The Morgan fingerprint density at radius 1 is 1.07 bits per heavy atom. The summed E-state index contributed by atoms with van der Waals surface area (Å²) in [5.74, 6) is 1.45. The minimum absolute atomic E-state index is 0.238. The number of ether oxygens (including phenoxy) is 2. The van der Waals surface area contributed by atoms with Gasteiger partial charge < -0.3 is 14.8 Å². The largest absolute Gasteiger partial charge is 0.454 e. The van der Waals surface area contributed by atoms with Gasteiger partial charge in [0, 0.05) is 28.2 Å². The minimum Gasteiger partial charge on any atom is -0.454 e. The first-order valence-corrected chi connectivity index (χ1v) is 9.90. The van der Waals surface area contributed by atoms with Crippen LogP contribution in [0.4, 0.5) is 5.69 Å². The van der Waals surface area contributed by atoms with Crippen molar-refractivity contribution in [3.63, 3.8) is 0 Å². The Morgan fingerprint density at radius 3 is 2.86 bits per heavy atom. The highest BCUT2D eigenvalue weighted by Gasteiger charge is 2.16. The Morgan fingerprint density at radius 2 is 1.93 bits per heavy atom. The van der Waals surface area contributed by atoms with Crippen LogP contribution in [0.25, 0.3) is 27.6 Å². The Kier molecular flexibility index (Phi) is 4.35. The molecule has 5 nitrogen and oxygen atoms in total. The summed E-state index contributed by atoms with van der Waals surface area (Å²) >= 11 is 1.44. The number of nitriles is 1. The average Bonchev–Trinajstić information content (AvgIpc) is 3.43. The summed E-state index contributed by atoms with van der Waals surface area (Å²) in [5, 5.41) is 17.8. The van der Waals surface area contributed by atoms with Crippen molar-refractivity contribution in [2.45, 2.75) is 0 Å². The first-order chi connectivity index (χ1) is 14.3. The fourth-order valence-electron chi connectivity index (χ4n) is 3.23. The Hall–Kier alpha value is -3.82. The molecule has 0 saturated carbocycles. The van der Waals surface area contributed by atoms with E-state index in [1.54, 1.807) is 6.20 Å². The van der Waals surface area contributed by atoms with Crippen LogP contribution in [0.2, 0.25) is 0 Å².